The lowest BCUT2D eigenvalue weighted by molar-refractivity contribution is 0.660. The van der Waals surface area contributed by atoms with Gasteiger partial charge in [-0.1, -0.05) is 159 Å². The number of benzene rings is 9. The van der Waals surface area contributed by atoms with Crippen molar-refractivity contribution in [1.82, 2.24) is 0 Å². The van der Waals surface area contributed by atoms with E-state index in [1.54, 1.807) is 0 Å². The van der Waals surface area contributed by atoms with Crippen LogP contribution in [0.3, 0.4) is 0 Å². The van der Waals surface area contributed by atoms with Crippen LogP contribution >= 0.6 is 11.3 Å². The van der Waals surface area contributed by atoms with Crippen molar-refractivity contribution in [1.29, 1.82) is 0 Å². The van der Waals surface area contributed by atoms with Gasteiger partial charge in [-0.3, -0.25) is 0 Å². The molecule has 0 spiro atoms. The molecule has 0 N–H and O–H groups in total. The molecule has 0 bridgehead atoms. The van der Waals surface area contributed by atoms with Crippen LogP contribution in [0.2, 0.25) is 0 Å². The van der Waals surface area contributed by atoms with E-state index in [9.17, 15) is 0 Å². The Hall–Kier alpha value is -6.94. The van der Waals surface area contributed by atoms with Gasteiger partial charge in [0.05, 0.1) is 10.4 Å². The smallest absolute Gasteiger partial charge is 0.143 e. The first-order valence-corrected chi connectivity index (χ1v) is 20.8. The second-order valence-corrected chi connectivity index (χ2v) is 17.1. The zero-order chi connectivity index (χ0) is 38.5. The van der Waals surface area contributed by atoms with Crippen molar-refractivity contribution in [3.8, 4) is 33.4 Å². The fraction of sp³-hybridized carbons (Fsp3) is 0.0545. The van der Waals surface area contributed by atoms with Gasteiger partial charge in [0, 0.05) is 54.0 Å². The predicted molar refractivity (Wildman–Crippen MR) is 247 cm³/mol. The highest BCUT2D eigenvalue weighted by Crippen LogP contribution is 2.52. The lowest BCUT2D eigenvalue weighted by Crippen LogP contribution is -2.14. The molecule has 1 aliphatic rings. The zero-order valence-corrected chi connectivity index (χ0v) is 33.0. The van der Waals surface area contributed by atoms with Gasteiger partial charge in [-0.15, -0.1) is 11.3 Å². The van der Waals surface area contributed by atoms with E-state index in [0.717, 1.165) is 49.8 Å². The first-order valence-electron chi connectivity index (χ1n) is 20.0. The molecule has 2 nitrogen and oxygen atoms in total. The van der Waals surface area contributed by atoms with Crippen molar-refractivity contribution in [2.75, 3.05) is 4.90 Å². The van der Waals surface area contributed by atoms with Crippen molar-refractivity contribution in [3.05, 3.63) is 199 Å². The fourth-order valence-electron chi connectivity index (χ4n) is 9.66. The van der Waals surface area contributed by atoms with Gasteiger partial charge in [-0.25, -0.2) is 0 Å². The third-order valence-corrected chi connectivity index (χ3v) is 13.7. The molecule has 274 valence electrons. The summed E-state index contributed by atoms with van der Waals surface area (Å²) in [5.74, 6) is 0. The molecule has 0 saturated carbocycles. The summed E-state index contributed by atoms with van der Waals surface area (Å²) in [5, 5.41) is 7.18. The lowest BCUT2D eigenvalue weighted by Gasteiger charge is -2.26. The first-order chi connectivity index (χ1) is 28.5. The number of fused-ring (bicyclic) bond motifs is 11. The van der Waals surface area contributed by atoms with E-state index >= 15 is 0 Å². The van der Waals surface area contributed by atoms with Crippen LogP contribution in [0.5, 0.6) is 0 Å². The molecule has 12 rings (SSSR count). The van der Waals surface area contributed by atoms with Gasteiger partial charge < -0.3 is 9.32 Å². The van der Waals surface area contributed by atoms with Crippen LogP contribution in [0.25, 0.3) is 86.3 Å². The average molecular weight is 760 g/mol. The summed E-state index contributed by atoms with van der Waals surface area (Å²) < 4.78 is 9.31. The summed E-state index contributed by atoms with van der Waals surface area (Å²) in [4.78, 5) is 2.42. The maximum atomic E-state index is 6.74. The summed E-state index contributed by atoms with van der Waals surface area (Å²) in [7, 11) is 0. The SMILES string of the molecule is CC1(C)c2ccccc2-c2c(-c3ccc(N(c4ccc(-c5cccc6c5oc5c7ccccc7ccc65)cc4)c4cccc5c4sc4ccccc45)cc3)cccc21. The average Bonchev–Trinajstić information content (AvgIpc) is 3.93. The summed E-state index contributed by atoms with van der Waals surface area (Å²) in [6.45, 7) is 4.70. The summed E-state index contributed by atoms with van der Waals surface area (Å²) in [6.07, 6.45) is 0. The van der Waals surface area contributed by atoms with E-state index in [2.05, 4.69) is 207 Å². The Labute approximate surface area is 340 Å². The molecule has 58 heavy (non-hydrogen) atoms. The number of para-hydroxylation sites is 1. The summed E-state index contributed by atoms with van der Waals surface area (Å²) in [6, 6.07) is 68.7. The van der Waals surface area contributed by atoms with Crippen LogP contribution < -0.4 is 4.90 Å². The maximum absolute atomic E-state index is 6.74. The molecule has 1 aliphatic carbocycles. The van der Waals surface area contributed by atoms with Gasteiger partial charge in [-0.05, 0) is 86.8 Å². The van der Waals surface area contributed by atoms with E-state index in [-0.39, 0.29) is 5.41 Å². The van der Waals surface area contributed by atoms with Crippen LogP contribution in [0.1, 0.15) is 25.0 Å². The molecular weight excluding hydrogens is 723 g/mol. The van der Waals surface area contributed by atoms with Crippen LogP contribution in [-0.4, -0.2) is 0 Å². The molecule has 0 fully saturated rings. The standard InChI is InChI=1S/C55H37NOS/c1-55(2)47-20-7-5-15-46(47)51-39(16-10-21-48(51)55)35-24-29-37(30-25-35)56(49-22-11-19-45-42-14-6-8-23-50(42)58-54(45)49)38-31-26-36(27-32-38)41-17-9-18-43-44-33-28-34-12-3-4-13-40(34)53(44)57-52(41)43/h3-33H,1-2H3. The molecule has 11 aromatic rings. The van der Waals surface area contributed by atoms with Crippen LogP contribution in [-0.2, 0) is 5.41 Å². The highest BCUT2D eigenvalue weighted by atomic mass is 32.1. The van der Waals surface area contributed by atoms with Crippen LogP contribution in [0, 0.1) is 0 Å². The number of hydrogen-bond acceptors (Lipinski definition) is 3. The zero-order valence-electron chi connectivity index (χ0n) is 32.2. The predicted octanol–water partition coefficient (Wildman–Crippen LogP) is 16.2. The van der Waals surface area contributed by atoms with Crippen molar-refractivity contribution < 1.29 is 4.42 Å². The van der Waals surface area contributed by atoms with Gasteiger partial charge in [-0.2, -0.15) is 0 Å². The lowest BCUT2D eigenvalue weighted by atomic mass is 9.82. The largest absolute Gasteiger partial charge is 0.455 e. The highest BCUT2D eigenvalue weighted by Gasteiger charge is 2.36. The first kappa shape index (κ1) is 33.2. The molecular formula is C55H37NOS. The molecule has 0 unspecified atom stereocenters. The molecule has 0 radical (unpaired) electrons. The van der Waals surface area contributed by atoms with Crippen LogP contribution in [0.4, 0.5) is 17.1 Å². The molecule has 2 heterocycles. The normalized spacial score (nSPS) is 13.1. The van der Waals surface area contributed by atoms with E-state index < -0.39 is 0 Å². The summed E-state index contributed by atoms with van der Waals surface area (Å²) >= 11 is 1.86. The second-order valence-electron chi connectivity index (χ2n) is 16.0. The van der Waals surface area contributed by atoms with E-state index in [0.29, 0.717) is 0 Å². The minimum absolute atomic E-state index is 0.0436. The fourth-order valence-corrected chi connectivity index (χ4v) is 10.9. The minimum Gasteiger partial charge on any atom is -0.455 e. The highest BCUT2D eigenvalue weighted by molar-refractivity contribution is 7.26. The molecule has 9 aromatic carbocycles. The minimum atomic E-state index is -0.0436. The Morgan fingerprint density at radius 3 is 1.84 bits per heavy atom. The Morgan fingerprint density at radius 1 is 0.431 bits per heavy atom. The molecule has 0 aliphatic heterocycles. The number of anilines is 3. The van der Waals surface area contributed by atoms with E-state index in [4.69, 9.17) is 4.42 Å². The topological polar surface area (TPSA) is 16.4 Å². The van der Waals surface area contributed by atoms with Crippen molar-refractivity contribution in [2.45, 2.75) is 19.3 Å². The van der Waals surface area contributed by atoms with E-state index in [1.165, 1.54) is 64.6 Å². The Bertz CT molecular complexity index is 3420. The van der Waals surface area contributed by atoms with Gasteiger partial charge in [0.1, 0.15) is 11.2 Å². The van der Waals surface area contributed by atoms with Crippen molar-refractivity contribution in [3.63, 3.8) is 0 Å². The molecule has 0 amide bonds. The van der Waals surface area contributed by atoms with Crippen molar-refractivity contribution in [2.24, 2.45) is 0 Å². The van der Waals surface area contributed by atoms with Gasteiger partial charge in [0.15, 0.2) is 0 Å². The Morgan fingerprint density at radius 2 is 1.02 bits per heavy atom. The number of nitrogens with zero attached hydrogens (tertiary/aromatic N) is 1. The monoisotopic (exact) mass is 759 g/mol. The number of hydrogen-bond donors (Lipinski definition) is 0. The molecule has 3 heteroatoms. The van der Waals surface area contributed by atoms with Gasteiger partial charge in [0.2, 0.25) is 0 Å². The number of rotatable bonds is 5. The summed E-state index contributed by atoms with van der Waals surface area (Å²) in [5.41, 5.74) is 15.4. The second kappa shape index (κ2) is 12.5. The Balaban J connectivity index is 0.998. The number of furan rings is 1. The third-order valence-electron chi connectivity index (χ3n) is 12.5. The van der Waals surface area contributed by atoms with Gasteiger partial charge >= 0.3 is 0 Å². The third kappa shape index (κ3) is 4.84. The molecule has 2 aromatic heterocycles. The van der Waals surface area contributed by atoms with Crippen LogP contribution in [0.15, 0.2) is 192 Å². The molecule has 0 saturated heterocycles. The number of thiophene rings is 1. The van der Waals surface area contributed by atoms with E-state index in [1.807, 2.05) is 11.3 Å². The Kier molecular flexibility index (Phi) is 7.18. The quantitative estimate of drug-likeness (QED) is 0.174. The van der Waals surface area contributed by atoms with Gasteiger partial charge in [0.25, 0.3) is 0 Å². The van der Waals surface area contributed by atoms with Crippen molar-refractivity contribution >= 4 is 81.3 Å². The maximum Gasteiger partial charge on any atom is 0.143 e. The molecule has 0 atom stereocenters.